The van der Waals surface area contributed by atoms with Crippen LogP contribution in [-0.2, 0) is 7.05 Å². The molecule has 0 saturated heterocycles. The molecule has 0 aliphatic rings. The number of benzene rings is 1. The zero-order valence-corrected chi connectivity index (χ0v) is 8.41. The van der Waals surface area contributed by atoms with Crippen LogP contribution in [0.4, 0.5) is 14.6 Å². The lowest BCUT2D eigenvalue weighted by atomic mass is 10.1. The van der Waals surface area contributed by atoms with Gasteiger partial charge in [-0.3, -0.25) is 4.68 Å². The Morgan fingerprint density at radius 3 is 2.50 bits per heavy atom. The van der Waals surface area contributed by atoms with E-state index in [0.29, 0.717) is 5.56 Å². The maximum absolute atomic E-state index is 13.5. The Morgan fingerprint density at radius 2 is 1.94 bits per heavy atom. The Kier molecular flexibility index (Phi) is 2.26. The van der Waals surface area contributed by atoms with Crippen molar-refractivity contribution in [2.75, 3.05) is 5.73 Å². The largest absolute Gasteiger partial charge is 0.505 e. The lowest BCUT2D eigenvalue weighted by Gasteiger charge is -2.04. The van der Waals surface area contributed by atoms with Gasteiger partial charge in [0, 0.05) is 18.2 Å². The second-order valence-electron chi connectivity index (χ2n) is 3.33. The summed E-state index contributed by atoms with van der Waals surface area (Å²) in [6, 6.07) is 2.32. The molecule has 0 aliphatic carbocycles. The highest BCUT2D eigenvalue weighted by atomic mass is 19.2. The number of anilines is 1. The summed E-state index contributed by atoms with van der Waals surface area (Å²) in [6.07, 6.45) is 1.34. The normalized spacial score (nSPS) is 10.7. The third-order valence-corrected chi connectivity index (χ3v) is 2.34. The predicted molar refractivity (Wildman–Crippen MR) is 54.6 cm³/mol. The third kappa shape index (κ3) is 1.39. The monoisotopic (exact) mass is 225 g/mol. The zero-order valence-electron chi connectivity index (χ0n) is 8.41. The van der Waals surface area contributed by atoms with Crippen molar-refractivity contribution in [3.63, 3.8) is 0 Å². The SMILES string of the molecule is Cn1ncc(-c2ccc(O)c(F)c2F)c1N. The van der Waals surface area contributed by atoms with Crippen LogP contribution < -0.4 is 5.73 Å². The van der Waals surface area contributed by atoms with Crippen molar-refractivity contribution in [1.82, 2.24) is 9.78 Å². The molecule has 2 rings (SSSR count). The molecule has 1 heterocycles. The molecule has 4 nitrogen and oxygen atoms in total. The summed E-state index contributed by atoms with van der Waals surface area (Å²) < 4.78 is 28.0. The number of aryl methyl sites for hydroxylation is 1. The molecular weight excluding hydrogens is 216 g/mol. The van der Waals surface area contributed by atoms with Crippen LogP contribution in [0, 0.1) is 11.6 Å². The summed E-state index contributed by atoms with van der Waals surface area (Å²) in [7, 11) is 1.59. The summed E-state index contributed by atoms with van der Waals surface area (Å²) in [6.45, 7) is 0. The average molecular weight is 225 g/mol. The molecule has 0 aliphatic heterocycles. The highest BCUT2D eigenvalue weighted by Gasteiger charge is 2.17. The van der Waals surface area contributed by atoms with Crippen LogP contribution in [0.1, 0.15) is 0 Å². The van der Waals surface area contributed by atoms with Crippen molar-refractivity contribution in [2.45, 2.75) is 0 Å². The lowest BCUT2D eigenvalue weighted by molar-refractivity contribution is 0.408. The minimum Gasteiger partial charge on any atom is -0.505 e. The molecule has 6 heteroatoms. The van der Waals surface area contributed by atoms with E-state index in [-0.39, 0.29) is 11.4 Å². The number of phenolic OH excluding ortho intramolecular Hbond substituents is 1. The van der Waals surface area contributed by atoms with E-state index in [2.05, 4.69) is 5.10 Å². The Hall–Kier alpha value is -2.11. The molecule has 0 radical (unpaired) electrons. The number of rotatable bonds is 1. The number of phenols is 1. The molecule has 2 aromatic rings. The van der Waals surface area contributed by atoms with Crippen molar-refractivity contribution < 1.29 is 13.9 Å². The van der Waals surface area contributed by atoms with Gasteiger partial charge in [0.25, 0.3) is 0 Å². The summed E-state index contributed by atoms with van der Waals surface area (Å²) in [5.41, 5.74) is 5.90. The van der Waals surface area contributed by atoms with Gasteiger partial charge >= 0.3 is 0 Å². The number of halogens is 2. The number of nitrogens with zero attached hydrogens (tertiary/aromatic N) is 2. The first-order chi connectivity index (χ1) is 7.52. The van der Waals surface area contributed by atoms with Crippen LogP contribution in [0.15, 0.2) is 18.3 Å². The number of aromatic hydroxyl groups is 1. The number of nitrogen functional groups attached to an aromatic ring is 1. The van der Waals surface area contributed by atoms with Crippen LogP contribution in [0.3, 0.4) is 0 Å². The molecule has 0 saturated carbocycles. The van der Waals surface area contributed by atoms with Crippen LogP contribution >= 0.6 is 0 Å². The molecule has 0 atom stereocenters. The lowest BCUT2D eigenvalue weighted by Crippen LogP contribution is -1.99. The highest BCUT2D eigenvalue weighted by Crippen LogP contribution is 2.31. The first kappa shape index (κ1) is 10.4. The fourth-order valence-corrected chi connectivity index (χ4v) is 1.40. The van der Waals surface area contributed by atoms with Gasteiger partial charge in [-0.1, -0.05) is 0 Å². The van der Waals surface area contributed by atoms with Crippen molar-refractivity contribution in [2.24, 2.45) is 7.05 Å². The van der Waals surface area contributed by atoms with Gasteiger partial charge in [0.1, 0.15) is 5.82 Å². The van der Waals surface area contributed by atoms with E-state index in [1.807, 2.05) is 0 Å². The number of aromatic nitrogens is 2. The van der Waals surface area contributed by atoms with Gasteiger partial charge in [0.05, 0.1) is 6.20 Å². The van der Waals surface area contributed by atoms with Gasteiger partial charge in [-0.25, -0.2) is 4.39 Å². The van der Waals surface area contributed by atoms with Gasteiger partial charge in [-0.2, -0.15) is 9.49 Å². The minimum absolute atomic E-state index is 0.0269. The Morgan fingerprint density at radius 1 is 1.25 bits per heavy atom. The van der Waals surface area contributed by atoms with E-state index in [4.69, 9.17) is 10.8 Å². The molecule has 16 heavy (non-hydrogen) atoms. The van der Waals surface area contributed by atoms with E-state index in [1.54, 1.807) is 7.05 Å². The summed E-state index contributed by atoms with van der Waals surface area (Å²) in [4.78, 5) is 0. The van der Waals surface area contributed by atoms with Gasteiger partial charge in [0.2, 0.25) is 5.82 Å². The number of nitrogens with two attached hydrogens (primary N) is 1. The quantitative estimate of drug-likeness (QED) is 0.775. The van der Waals surface area contributed by atoms with Crippen molar-refractivity contribution in [1.29, 1.82) is 0 Å². The minimum atomic E-state index is -1.29. The van der Waals surface area contributed by atoms with Gasteiger partial charge in [0.15, 0.2) is 11.6 Å². The zero-order chi connectivity index (χ0) is 11.9. The molecule has 0 spiro atoms. The van der Waals surface area contributed by atoms with Crippen molar-refractivity contribution in [3.05, 3.63) is 30.0 Å². The van der Waals surface area contributed by atoms with Gasteiger partial charge in [-0.15, -0.1) is 0 Å². The first-order valence-corrected chi connectivity index (χ1v) is 4.47. The number of hydrogen-bond acceptors (Lipinski definition) is 3. The van der Waals surface area contributed by atoms with E-state index in [9.17, 15) is 8.78 Å². The van der Waals surface area contributed by atoms with Crippen LogP contribution in [0.5, 0.6) is 5.75 Å². The van der Waals surface area contributed by atoms with Crippen molar-refractivity contribution >= 4 is 5.82 Å². The van der Waals surface area contributed by atoms with E-state index < -0.39 is 17.4 Å². The standard InChI is InChI=1S/C10H9F2N3O/c1-15-10(13)6(4-14-15)5-2-3-7(16)9(12)8(5)11/h2-4,16H,13H2,1H3. The fourth-order valence-electron chi connectivity index (χ4n) is 1.40. The topological polar surface area (TPSA) is 64.1 Å². The molecule has 0 amide bonds. The molecule has 0 unspecified atom stereocenters. The molecule has 3 N–H and O–H groups in total. The maximum atomic E-state index is 13.5. The second-order valence-corrected chi connectivity index (χ2v) is 3.33. The van der Waals surface area contributed by atoms with Gasteiger partial charge < -0.3 is 10.8 Å². The summed E-state index contributed by atoms with van der Waals surface area (Å²) in [5, 5.41) is 12.8. The van der Waals surface area contributed by atoms with Crippen molar-refractivity contribution in [3.8, 4) is 16.9 Å². The molecule has 0 fully saturated rings. The molecule has 1 aromatic heterocycles. The first-order valence-electron chi connectivity index (χ1n) is 4.47. The van der Waals surface area contributed by atoms with E-state index in [1.165, 1.54) is 16.9 Å². The third-order valence-electron chi connectivity index (χ3n) is 2.34. The molecule has 0 bridgehead atoms. The van der Waals surface area contributed by atoms with Crippen LogP contribution in [0.25, 0.3) is 11.1 Å². The van der Waals surface area contributed by atoms with E-state index >= 15 is 0 Å². The average Bonchev–Trinajstić information content (AvgIpc) is 2.58. The Labute approximate surface area is 89.9 Å². The fraction of sp³-hybridized carbons (Fsp3) is 0.100. The van der Waals surface area contributed by atoms with Crippen LogP contribution in [-0.4, -0.2) is 14.9 Å². The Bertz CT molecular complexity index is 551. The summed E-state index contributed by atoms with van der Waals surface area (Å²) >= 11 is 0. The predicted octanol–water partition coefficient (Wildman–Crippen LogP) is 1.65. The van der Waals surface area contributed by atoms with Crippen LogP contribution in [0.2, 0.25) is 0 Å². The maximum Gasteiger partial charge on any atom is 0.200 e. The summed E-state index contributed by atoms with van der Waals surface area (Å²) in [5.74, 6) is -2.94. The van der Waals surface area contributed by atoms with Gasteiger partial charge in [-0.05, 0) is 12.1 Å². The van der Waals surface area contributed by atoms with E-state index in [0.717, 1.165) is 6.07 Å². The number of hydrogen-bond donors (Lipinski definition) is 2. The Balaban J connectivity index is 2.66. The second kappa shape index (κ2) is 3.48. The highest BCUT2D eigenvalue weighted by molar-refractivity contribution is 5.74. The molecule has 84 valence electrons. The molecule has 1 aromatic carbocycles. The molecular formula is C10H9F2N3O. The smallest absolute Gasteiger partial charge is 0.200 e.